The van der Waals surface area contributed by atoms with Gasteiger partial charge < -0.3 is 5.32 Å². The lowest BCUT2D eigenvalue weighted by Crippen LogP contribution is -2.25. The van der Waals surface area contributed by atoms with Gasteiger partial charge >= 0.3 is 0 Å². The van der Waals surface area contributed by atoms with Gasteiger partial charge in [-0.25, -0.2) is 0 Å². The number of thioether (sulfide) groups is 1. The molecule has 2 heteroatoms. The molecule has 0 radical (unpaired) electrons. The van der Waals surface area contributed by atoms with Crippen molar-refractivity contribution in [2.75, 3.05) is 12.3 Å². The fourth-order valence-corrected chi connectivity index (χ4v) is 2.73. The molecule has 0 amide bonds. The van der Waals surface area contributed by atoms with Gasteiger partial charge in [0.15, 0.2) is 0 Å². The number of benzene rings is 1. The van der Waals surface area contributed by atoms with E-state index < -0.39 is 0 Å². The molecule has 0 bridgehead atoms. The first-order chi connectivity index (χ1) is 6.36. The Hall–Kier alpha value is -0.470. The Morgan fingerprint density at radius 2 is 2.38 bits per heavy atom. The van der Waals surface area contributed by atoms with E-state index in [-0.39, 0.29) is 0 Å². The fraction of sp³-hybridized carbons (Fsp3) is 0.455. The quantitative estimate of drug-likeness (QED) is 0.736. The van der Waals surface area contributed by atoms with E-state index in [1.165, 1.54) is 23.3 Å². The minimum absolute atomic E-state index is 0.522. The Bertz CT molecular complexity index is 279. The second-order valence-electron chi connectivity index (χ2n) is 3.47. The van der Waals surface area contributed by atoms with Crippen LogP contribution in [-0.4, -0.2) is 12.3 Å². The molecule has 13 heavy (non-hydrogen) atoms. The highest BCUT2D eigenvalue weighted by Gasteiger charge is 2.14. The smallest absolute Gasteiger partial charge is 0.0789 e. The van der Waals surface area contributed by atoms with Crippen molar-refractivity contribution in [3.63, 3.8) is 0 Å². The summed E-state index contributed by atoms with van der Waals surface area (Å²) in [4.78, 5) is 0. The van der Waals surface area contributed by atoms with Crippen molar-refractivity contribution in [3.8, 4) is 0 Å². The number of hydrogen-bond acceptors (Lipinski definition) is 2. The summed E-state index contributed by atoms with van der Waals surface area (Å²) < 4.78 is 0. The van der Waals surface area contributed by atoms with Crippen molar-refractivity contribution in [1.29, 1.82) is 0 Å². The Morgan fingerprint density at radius 3 is 3.08 bits per heavy atom. The van der Waals surface area contributed by atoms with Crippen molar-refractivity contribution in [1.82, 2.24) is 5.32 Å². The highest BCUT2D eigenvalue weighted by molar-refractivity contribution is 7.99. The molecule has 1 N–H and O–H groups in total. The van der Waals surface area contributed by atoms with E-state index >= 15 is 0 Å². The Kier molecular flexibility index (Phi) is 2.91. The van der Waals surface area contributed by atoms with E-state index in [4.69, 9.17) is 0 Å². The van der Waals surface area contributed by atoms with Gasteiger partial charge in [-0.15, -0.1) is 11.8 Å². The van der Waals surface area contributed by atoms with Gasteiger partial charge in [0.25, 0.3) is 0 Å². The normalized spacial score (nSPS) is 23.0. The molecule has 1 aromatic rings. The lowest BCUT2D eigenvalue weighted by atomic mass is 10.1. The van der Waals surface area contributed by atoms with E-state index in [1.54, 1.807) is 0 Å². The van der Waals surface area contributed by atoms with E-state index in [9.17, 15) is 0 Å². The third-order valence-corrected chi connectivity index (χ3v) is 3.58. The van der Waals surface area contributed by atoms with Crippen LogP contribution >= 0.6 is 11.8 Å². The molecule has 0 spiro atoms. The van der Waals surface area contributed by atoms with Crippen LogP contribution in [0, 0.1) is 6.92 Å². The van der Waals surface area contributed by atoms with Crippen LogP contribution in [0.3, 0.4) is 0 Å². The Labute approximate surface area is 83.9 Å². The highest BCUT2D eigenvalue weighted by Crippen LogP contribution is 2.29. The average Bonchev–Trinajstić information content (AvgIpc) is 2.19. The molecular formula is C11H15NS. The SMILES string of the molecule is Cc1cccc(C2NCCCS2)c1. The van der Waals surface area contributed by atoms with Crippen molar-refractivity contribution in [2.24, 2.45) is 0 Å². The predicted molar refractivity (Wildman–Crippen MR) is 59.0 cm³/mol. The molecule has 1 saturated heterocycles. The summed E-state index contributed by atoms with van der Waals surface area (Å²) in [6, 6.07) is 8.78. The van der Waals surface area contributed by atoms with Gasteiger partial charge in [-0.2, -0.15) is 0 Å². The average molecular weight is 193 g/mol. The molecule has 1 aromatic carbocycles. The van der Waals surface area contributed by atoms with Crippen molar-refractivity contribution in [3.05, 3.63) is 35.4 Å². The minimum atomic E-state index is 0.522. The third kappa shape index (κ3) is 2.26. The van der Waals surface area contributed by atoms with Crippen LogP contribution in [0.4, 0.5) is 0 Å². The zero-order valence-electron chi connectivity index (χ0n) is 7.92. The number of hydrogen-bond donors (Lipinski definition) is 1. The lowest BCUT2D eigenvalue weighted by Gasteiger charge is -2.23. The molecule has 1 fully saturated rings. The topological polar surface area (TPSA) is 12.0 Å². The molecular weight excluding hydrogens is 178 g/mol. The van der Waals surface area contributed by atoms with E-state index in [0.29, 0.717) is 5.37 Å². The second-order valence-corrected chi connectivity index (χ2v) is 4.69. The molecule has 2 rings (SSSR count). The number of rotatable bonds is 1. The summed E-state index contributed by atoms with van der Waals surface area (Å²) in [5, 5.41) is 4.05. The van der Waals surface area contributed by atoms with Gasteiger partial charge in [-0.05, 0) is 31.2 Å². The third-order valence-electron chi connectivity index (χ3n) is 2.28. The van der Waals surface area contributed by atoms with Crippen LogP contribution in [-0.2, 0) is 0 Å². The number of nitrogens with one attached hydrogen (secondary N) is 1. The highest BCUT2D eigenvalue weighted by atomic mass is 32.2. The fourth-order valence-electron chi connectivity index (χ4n) is 1.61. The molecule has 1 unspecified atom stereocenters. The first-order valence-corrected chi connectivity index (χ1v) is 5.83. The zero-order chi connectivity index (χ0) is 9.10. The Balaban J connectivity index is 2.14. The standard InChI is InChI=1S/C11H15NS/c1-9-4-2-5-10(8-9)11-12-6-3-7-13-11/h2,4-5,8,11-12H,3,6-7H2,1H3. The van der Waals surface area contributed by atoms with Crippen LogP contribution in [0.1, 0.15) is 22.9 Å². The summed E-state index contributed by atoms with van der Waals surface area (Å²) in [6.07, 6.45) is 1.30. The van der Waals surface area contributed by atoms with E-state index in [1.807, 2.05) is 11.8 Å². The van der Waals surface area contributed by atoms with Gasteiger partial charge in [0, 0.05) is 0 Å². The van der Waals surface area contributed by atoms with E-state index in [2.05, 4.69) is 36.5 Å². The van der Waals surface area contributed by atoms with Crippen LogP contribution in [0.5, 0.6) is 0 Å². The molecule has 0 saturated carbocycles. The van der Waals surface area contributed by atoms with Gasteiger partial charge in [0.2, 0.25) is 0 Å². The predicted octanol–water partition coefficient (Wildman–Crippen LogP) is 2.72. The molecule has 0 aliphatic carbocycles. The first-order valence-electron chi connectivity index (χ1n) is 4.78. The van der Waals surface area contributed by atoms with E-state index in [0.717, 1.165) is 6.54 Å². The first kappa shape index (κ1) is 9.10. The molecule has 70 valence electrons. The van der Waals surface area contributed by atoms with Crippen molar-refractivity contribution in [2.45, 2.75) is 18.7 Å². The van der Waals surface area contributed by atoms with Crippen molar-refractivity contribution >= 4 is 11.8 Å². The molecule has 1 atom stereocenters. The summed E-state index contributed by atoms with van der Waals surface area (Å²) >= 11 is 2.01. The summed E-state index contributed by atoms with van der Waals surface area (Å²) in [7, 11) is 0. The van der Waals surface area contributed by atoms with Gasteiger partial charge in [-0.3, -0.25) is 0 Å². The monoisotopic (exact) mass is 193 g/mol. The maximum Gasteiger partial charge on any atom is 0.0789 e. The summed E-state index contributed by atoms with van der Waals surface area (Å²) in [5.74, 6) is 1.28. The second kappa shape index (κ2) is 4.16. The molecule has 1 nitrogen and oxygen atoms in total. The van der Waals surface area contributed by atoms with Crippen molar-refractivity contribution < 1.29 is 0 Å². The Morgan fingerprint density at radius 1 is 1.46 bits per heavy atom. The lowest BCUT2D eigenvalue weighted by molar-refractivity contribution is 0.643. The molecule has 0 aromatic heterocycles. The maximum atomic E-state index is 3.53. The molecule has 1 aliphatic heterocycles. The zero-order valence-corrected chi connectivity index (χ0v) is 8.73. The molecule has 1 heterocycles. The van der Waals surface area contributed by atoms with Gasteiger partial charge in [0.1, 0.15) is 0 Å². The van der Waals surface area contributed by atoms with Crippen LogP contribution in [0.15, 0.2) is 24.3 Å². The van der Waals surface area contributed by atoms with Crippen LogP contribution < -0.4 is 5.32 Å². The number of aryl methyl sites for hydroxylation is 1. The van der Waals surface area contributed by atoms with Crippen LogP contribution in [0.2, 0.25) is 0 Å². The largest absolute Gasteiger partial charge is 0.302 e. The van der Waals surface area contributed by atoms with Gasteiger partial charge in [0.05, 0.1) is 5.37 Å². The minimum Gasteiger partial charge on any atom is -0.302 e. The summed E-state index contributed by atoms with van der Waals surface area (Å²) in [6.45, 7) is 3.31. The maximum absolute atomic E-state index is 3.53. The van der Waals surface area contributed by atoms with Gasteiger partial charge in [-0.1, -0.05) is 29.8 Å². The summed E-state index contributed by atoms with van der Waals surface area (Å²) in [5.41, 5.74) is 2.77. The van der Waals surface area contributed by atoms with Crippen LogP contribution in [0.25, 0.3) is 0 Å². The molecule has 1 aliphatic rings.